The zero-order valence-corrected chi connectivity index (χ0v) is 8.55. The zero-order chi connectivity index (χ0) is 10.8. The van der Waals surface area contributed by atoms with Crippen molar-refractivity contribution in [2.24, 2.45) is 11.7 Å². The summed E-state index contributed by atoms with van der Waals surface area (Å²) in [6, 6.07) is 3.10. The summed E-state index contributed by atoms with van der Waals surface area (Å²) < 4.78 is 26.3. The molecule has 0 saturated heterocycles. The Morgan fingerprint density at radius 3 is 2.67 bits per heavy atom. The monoisotopic (exact) mass is 211 g/mol. The van der Waals surface area contributed by atoms with Crippen LogP contribution < -0.4 is 5.73 Å². The van der Waals surface area contributed by atoms with Crippen molar-refractivity contribution >= 4 is 0 Å². The first-order valence-electron chi connectivity index (χ1n) is 5.37. The molecule has 1 aliphatic carbocycles. The van der Waals surface area contributed by atoms with Crippen LogP contribution in [0.1, 0.15) is 37.3 Å². The maximum absolute atomic E-state index is 13.3. The van der Waals surface area contributed by atoms with Crippen molar-refractivity contribution in [2.45, 2.75) is 31.7 Å². The molecule has 1 aromatic rings. The van der Waals surface area contributed by atoms with Crippen LogP contribution in [-0.4, -0.2) is 0 Å². The first kappa shape index (κ1) is 10.6. The quantitative estimate of drug-likeness (QED) is 0.816. The molecule has 0 radical (unpaired) electrons. The van der Waals surface area contributed by atoms with Crippen LogP contribution in [0.2, 0.25) is 0 Å². The van der Waals surface area contributed by atoms with E-state index in [0.717, 1.165) is 18.6 Å². The fourth-order valence-electron chi connectivity index (χ4n) is 2.01. The highest BCUT2D eigenvalue weighted by atomic mass is 19.1. The maximum Gasteiger partial charge on any atom is 0.128 e. The van der Waals surface area contributed by atoms with Crippen molar-refractivity contribution in [1.82, 2.24) is 0 Å². The summed E-state index contributed by atoms with van der Waals surface area (Å²) in [5, 5.41) is 0. The van der Waals surface area contributed by atoms with E-state index in [9.17, 15) is 8.78 Å². The van der Waals surface area contributed by atoms with E-state index in [-0.39, 0.29) is 6.04 Å². The van der Waals surface area contributed by atoms with E-state index < -0.39 is 11.6 Å². The van der Waals surface area contributed by atoms with Crippen LogP contribution in [0.25, 0.3) is 0 Å². The second-order valence-electron chi connectivity index (χ2n) is 4.30. The van der Waals surface area contributed by atoms with Gasteiger partial charge in [0, 0.05) is 11.6 Å². The molecule has 1 saturated carbocycles. The van der Waals surface area contributed by atoms with Gasteiger partial charge in [-0.3, -0.25) is 0 Å². The molecule has 0 amide bonds. The highest BCUT2D eigenvalue weighted by Crippen LogP contribution is 2.34. The Bertz CT molecular complexity index is 347. The van der Waals surface area contributed by atoms with E-state index in [2.05, 4.69) is 0 Å². The van der Waals surface area contributed by atoms with Gasteiger partial charge in [-0.1, -0.05) is 19.3 Å². The van der Waals surface area contributed by atoms with Crippen molar-refractivity contribution in [3.63, 3.8) is 0 Å². The molecule has 3 heteroatoms. The third-order valence-electron chi connectivity index (χ3n) is 3.17. The lowest BCUT2D eigenvalue weighted by atomic mass is 9.80. The van der Waals surface area contributed by atoms with Gasteiger partial charge in [0.1, 0.15) is 11.6 Å². The smallest absolute Gasteiger partial charge is 0.128 e. The molecule has 1 aliphatic rings. The molecule has 1 unspecified atom stereocenters. The number of benzene rings is 1. The van der Waals surface area contributed by atoms with Crippen LogP contribution in [0, 0.1) is 17.6 Å². The molecule has 2 N–H and O–H groups in total. The summed E-state index contributed by atoms with van der Waals surface area (Å²) in [6.45, 7) is 0. The Hall–Kier alpha value is -0.960. The Balaban J connectivity index is 2.09. The zero-order valence-electron chi connectivity index (χ0n) is 8.55. The third-order valence-corrected chi connectivity index (χ3v) is 3.17. The first-order chi connectivity index (χ1) is 7.16. The van der Waals surface area contributed by atoms with E-state index in [4.69, 9.17) is 5.73 Å². The van der Waals surface area contributed by atoms with Gasteiger partial charge in [0.25, 0.3) is 0 Å². The molecule has 0 spiro atoms. The average molecular weight is 211 g/mol. The van der Waals surface area contributed by atoms with E-state index in [1.165, 1.54) is 25.3 Å². The molecule has 15 heavy (non-hydrogen) atoms. The summed E-state index contributed by atoms with van der Waals surface area (Å²) in [4.78, 5) is 0. The molecule has 0 aliphatic heterocycles. The lowest BCUT2D eigenvalue weighted by Crippen LogP contribution is -2.21. The van der Waals surface area contributed by atoms with Gasteiger partial charge < -0.3 is 5.73 Å². The molecule has 0 aromatic heterocycles. The molecular weight excluding hydrogens is 196 g/mol. The minimum absolute atomic E-state index is 0.307. The Morgan fingerprint density at radius 2 is 2.07 bits per heavy atom. The van der Waals surface area contributed by atoms with Gasteiger partial charge in [0.15, 0.2) is 0 Å². The molecule has 2 rings (SSSR count). The van der Waals surface area contributed by atoms with Gasteiger partial charge in [0.05, 0.1) is 0 Å². The molecule has 0 bridgehead atoms. The van der Waals surface area contributed by atoms with Crippen molar-refractivity contribution in [3.8, 4) is 0 Å². The normalized spacial score (nSPS) is 18.6. The highest BCUT2D eigenvalue weighted by molar-refractivity contribution is 5.22. The van der Waals surface area contributed by atoms with Gasteiger partial charge in [-0.2, -0.15) is 0 Å². The molecule has 82 valence electrons. The second-order valence-corrected chi connectivity index (χ2v) is 4.30. The van der Waals surface area contributed by atoms with Gasteiger partial charge in [0.2, 0.25) is 0 Å². The molecule has 1 nitrogen and oxygen atoms in total. The molecule has 1 aromatic carbocycles. The maximum atomic E-state index is 13.3. The number of rotatable bonds is 3. The predicted octanol–water partition coefficient (Wildman–Crippen LogP) is 3.15. The Labute approximate surface area is 88.3 Å². The lowest BCUT2D eigenvalue weighted by molar-refractivity contribution is 0.275. The molecular formula is C12H15F2N. The van der Waals surface area contributed by atoms with E-state index in [1.54, 1.807) is 0 Å². The van der Waals surface area contributed by atoms with Crippen molar-refractivity contribution in [1.29, 1.82) is 0 Å². The van der Waals surface area contributed by atoms with Gasteiger partial charge in [-0.15, -0.1) is 0 Å². The lowest BCUT2D eigenvalue weighted by Gasteiger charge is -2.28. The number of halogens is 2. The topological polar surface area (TPSA) is 26.0 Å². The third kappa shape index (κ3) is 2.34. The SMILES string of the molecule is NC(CC1CCC1)c1cc(F)ccc1F. The average Bonchev–Trinajstić information content (AvgIpc) is 2.15. The van der Waals surface area contributed by atoms with Crippen LogP contribution in [0.5, 0.6) is 0 Å². The Morgan fingerprint density at radius 1 is 1.33 bits per heavy atom. The van der Waals surface area contributed by atoms with Crippen LogP contribution in [0.15, 0.2) is 18.2 Å². The standard InChI is InChI=1S/C12H15F2N/c13-9-4-5-11(14)10(7-9)12(15)6-8-2-1-3-8/h4-5,7-8,12H,1-3,6,15H2. The second kappa shape index (κ2) is 4.27. The van der Waals surface area contributed by atoms with E-state index in [1.807, 2.05) is 0 Å². The summed E-state index contributed by atoms with van der Waals surface area (Å²) >= 11 is 0. The van der Waals surface area contributed by atoms with Gasteiger partial charge in [-0.05, 0) is 30.5 Å². The summed E-state index contributed by atoms with van der Waals surface area (Å²) in [7, 11) is 0. The van der Waals surface area contributed by atoms with Crippen molar-refractivity contribution < 1.29 is 8.78 Å². The largest absolute Gasteiger partial charge is 0.324 e. The predicted molar refractivity (Wildman–Crippen MR) is 55.2 cm³/mol. The fourth-order valence-corrected chi connectivity index (χ4v) is 2.01. The number of hydrogen-bond donors (Lipinski definition) is 1. The summed E-state index contributed by atoms with van der Waals surface area (Å²) in [5.41, 5.74) is 6.18. The number of hydrogen-bond acceptors (Lipinski definition) is 1. The van der Waals surface area contributed by atoms with Gasteiger partial charge >= 0.3 is 0 Å². The summed E-state index contributed by atoms with van der Waals surface area (Å²) in [6.07, 6.45) is 4.35. The molecule has 1 fully saturated rings. The fraction of sp³-hybridized carbons (Fsp3) is 0.500. The van der Waals surface area contributed by atoms with E-state index >= 15 is 0 Å². The Kier molecular flexibility index (Phi) is 3.00. The first-order valence-corrected chi connectivity index (χ1v) is 5.37. The minimum atomic E-state index is -0.421. The minimum Gasteiger partial charge on any atom is -0.324 e. The van der Waals surface area contributed by atoms with Crippen molar-refractivity contribution in [2.75, 3.05) is 0 Å². The van der Waals surface area contributed by atoms with Crippen LogP contribution in [-0.2, 0) is 0 Å². The molecule has 0 heterocycles. The molecule has 1 atom stereocenters. The van der Waals surface area contributed by atoms with E-state index in [0.29, 0.717) is 11.5 Å². The van der Waals surface area contributed by atoms with Crippen molar-refractivity contribution in [3.05, 3.63) is 35.4 Å². The number of nitrogens with two attached hydrogens (primary N) is 1. The van der Waals surface area contributed by atoms with Crippen LogP contribution in [0.3, 0.4) is 0 Å². The van der Waals surface area contributed by atoms with Crippen LogP contribution >= 0.6 is 0 Å². The summed E-state index contributed by atoms with van der Waals surface area (Å²) in [5.74, 6) is -0.221. The highest BCUT2D eigenvalue weighted by Gasteiger charge is 2.22. The van der Waals surface area contributed by atoms with Crippen LogP contribution in [0.4, 0.5) is 8.78 Å². The van der Waals surface area contributed by atoms with Gasteiger partial charge in [-0.25, -0.2) is 8.78 Å².